The van der Waals surface area contributed by atoms with E-state index in [1.54, 1.807) is 0 Å². The summed E-state index contributed by atoms with van der Waals surface area (Å²) in [7, 11) is 0. The Morgan fingerprint density at radius 3 is 3.06 bits per heavy atom. The third-order valence-electron chi connectivity index (χ3n) is 2.40. The molecule has 0 aromatic heterocycles. The summed E-state index contributed by atoms with van der Waals surface area (Å²) in [5.41, 5.74) is 2.33. The van der Waals surface area contributed by atoms with Gasteiger partial charge in [-0.1, -0.05) is 19.0 Å². The van der Waals surface area contributed by atoms with E-state index in [0.717, 1.165) is 10.4 Å². The first kappa shape index (κ1) is 12.1. The van der Waals surface area contributed by atoms with Crippen molar-refractivity contribution < 1.29 is 14.6 Å². The molecule has 0 radical (unpaired) electrons. The number of carbonyl (C=O) groups is 1. The van der Waals surface area contributed by atoms with Crippen molar-refractivity contribution in [1.82, 2.24) is 0 Å². The summed E-state index contributed by atoms with van der Waals surface area (Å²) in [5, 5.41) is 8.64. The molecule has 0 amide bonds. The summed E-state index contributed by atoms with van der Waals surface area (Å²) in [6.07, 6.45) is 0. The van der Waals surface area contributed by atoms with Gasteiger partial charge in [0.2, 0.25) is 0 Å². The van der Waals surface area contributed by atoms with Gasteiger partial charge in [-0.15, -0.1) is 11.8 Å². The fourth-order valence-corrected chi connectivity index (χ4v) is 2.65. The van der Waals surface area contributed by atoms with Crippen molar-refractivity contribution in [2.24, 2.45) is 0 Å². The maximum Gasteiger partial charge on any atom is 0.325 e. The van der Waals surface area contributed by atoms with Crippen LogP contribution in [0.2, 0.25) is 6.82 Å². The number of benzene rings is 1. The molecule has 1 aliphatic rings. The second kappa shape index (κ2) is 4.72. The zero-order valence-electron chi connectivity index (χ0n) is 9.10. The molecule has 3 nitrogen and oxygen atoms in total. The van der Waals surface area contributed by atoms with Gasteiger partial charge >= 0.3 is 12.9 Å². The summed E-state index contributed by atoms with van der Waals surface area (Å²) < 4.78 is 5.51. The Morgan fingerprint density at radius 1 is 1.62 bits per heavy atom. The molecule has 6 heteroatoms. The molecular formula is C10H11BO3RfS. The van der Waals surface area contributed by atoms with Gasteiger partial charge in [0.05, 0.1) is 12.4 Å². The van der Waals surface area contributed by atoms with E-state index in [0.29, 0.717) is 6.61 Å². The number of aliphatic carboxylic acids is 1. The van der Waals surface area contributed by atoms with E-state index >= 15 is 0 Å². The minimum atomic E-state index is -0.788. The molecule has 0 fully saturated rings. The van der Waals surface area contributed by atoms with Gasteiger partial charge in [-0.25, -0.2) is 0 Å². The minimum absolute atomic E-state index is 0. The van der Waals surface area contributed by atoms with Crippen LogP contribution in [0, 0.1) is 0 Å². The van der Waals surface area contributed by atoms with Crippen LogP contribution >= 0.6 is 11.8 Å². The zero-order valence-corrected chi connectivity index (χ0v) is 16.3. The third-order valence-corrected chi connectivity index (χ3v) is 3.46. The van der Waals surface area contributed by atoms with E-state index in [2.05, 4.69) is 0 Å². The van der Waals surface area contributed by atoms with Crippen LogP contribution in [0.1, 0.15) is 5.56 Å². The number of carboxylic acid groups (broad SMARTS) is 1. The van der Waals surface area contributed by atoms with Crippen molar-refractivity contribution >= 4 is 30.1 Å². The van der Waals surface area contributed by atoms with Crippen molar-refractivity contribution in [3.8, 4) is 0 Å². The smallest absolute Gasteiger partial charge is 0.325 e. The maximum absolute atomic E-state index is 10.5. The third kappa shape index (κ3) is 2.17. The monoisotopic (exact) mass is 489 g/mol. The first-order chi connectivity index (χ1) is 7.18. The van der Waals surface area contributed by atoms with Crippen molar-refractivity contribution in [3.05, 3.63) is 23.8 Å². The molecule has 1 aromatic rings. The molecule has 0 spiro atoms. The first-order valence-corrected chi connectivity index (χ1v) is 5.75. The quantitative estimate of drug-likeness (QED) is 0.513. The molecule has 1 aromatic carbocycles. The number of hydrogen-bond acceptors (Lipinski definition) is 3. The van der Waals surface area contributed by atoms with Crippen molar-refractivity contribution in [2.45, 2.75) is 18.3 Å². The van der Waals surface area contributed by atoms with Crippen molar-refractivity contribution in [3.63, 3.8) is 0 Å². The molecule has 0 bridgehead atoms. The molecule has 0 saturated heterocycles. The van der Waals surface area contributed by atoms with Crippen molar-refractivity contribution in [1.29, 1.82) is 0 Å². The van der Waals surface area contributed by atoms with Gasteiger partial charge in [0.15, 0.2) is 0 Å². The van der Waals surface area contributed by atoms with Gasteiger partial charge in [-0.3, -0.25) is 4.79 Å². The average molecular weight is 489 g/mol. The van der Waals surface area contributed by atoms with Gasteiger partial charge < -0.3 is 9.76 Å². The Kier molecular flexibility index (Phi) is 3.58. The van der Waals surface area contributed by atoms with Crippen molar-refractivity contribution in [2.75, 3.05) is 5.75 Å². The van der Waals surface area contributed by atoms with Crippen LogP contribution in [0.25, 0.3) is 0 Å². The van der Waals surface area contributed by atoms with Crippen LogP contribution in [0.3, 0.4) is 0 Å². The second-order valence-electron chi connectivity index (χ2n) is 3.46. The predicted octanol–water partition coefficient (Wildman–Crippen LogP) is 1.22. The van der Waals surface area contributed by atoms with Crippen LogP contribution in [0.4, 0.5) is 0 Å². The van der Waals surface area contributed by atoms with Crippen LogP contribution in [-0.4, -0.2) is 23.7 Å². The molecular weight excluding hydrogens is 478 g/mol. The fourth-order valence-electron chi connectivity index (χ4n) is 1.74. The molecule has 2 rings (SSSR count). The Hall–Kier alpha value is -1.94. The number of thioether (sulfide) groups is 1. The van der Waals surface area contributed by atoms with E-state index in [-0.39, 0.29) is 12.7 Å². The summed E-state index contributed by atoms with van der Waals surface area (Å²) >= 11 is 1.36. The Balaban J connectivity index is 0.00000128. The van der Waals surface area contributed by atoms with Gasteiger partial charge in [0, 0.05) is 4.90 Å². The molecule has 0 saturated carbocycles. The number of hydrogen-bond donors (Lipinski definition) is 1. The predicted molar refractivity (Wildman–Crippen MR) is 60.8 cm³/mol. The maximum atomic E-state index is 10.5. The summed E-state index contributed by atoms with van der Waals surface area (Å²) in [4.78, 5) is 11.5. The summed E-state index contributed by atoms with van der Waals surface area (Å²) in [5.74, 6) is -0.687. The van der Waals surface area contributed by atoms with Crippen LogP contribution in [0.5, 0.6) is 0 Å². The van der Waals surface area contributed by atoms with E-state index in [9.17, 15) is 4.79 Å². The normalized spacial score (nSPS) is 13.2. The molecule has 1 N–H and O–H groups in total. The molecule has 16 heavy (non-hydrogen) atoms. The fraction of sp³-hybridized carbons (Fsp3) is 0.300. The van der Waals surface area contributed by atoms with Gasteiger partial charge in [0.25, 0.3) is 0 Å². The molecule has 0 atom stereocenters. The van der Waals surface area contributed by atoms with E-state index in [4.69, 9.17) is 9.76 Å². The van der Waals surface area contributed by atoms with Crippen LogP contribution in [0.15, 0.2) is 23.1 Å². The SMILES string of the molecule is CB1OCc2cccc(SCC(=O)O)c21.[Rf]. The topological polar surface area (TPSA) is 46.5 Å². The summed E-state index contributed by atoms with van der Waals surface area (Å²) in [6.45, 7) is 2.71. The van der Waals surface area contributed by atoms with E-state index < -0.39 is 5.97 Å². The standard InChI is InChI=1S/C10H11BO3S.Rf/c1-11-10-7(5-14-11)3-2-4-8(10)15-6-9(12)13;/h2-4H,5-6H2,1H3,(H,12,13);. The number of fused-ring (bicyclic) bond motifs is 1. The average Bonchev–Trinajstić information content (AvgIpc) is 2.58. The molecule has 0 unspecified atom stereocenters. The number of carboxylic acids is 1. The van der Waals surface area contributed by atoms with Gasteiger partial charge in [0.1, 0.15) is 0 Å². The van der Waals surface area contributed by atoms with Crippen LogP contribution in [-0.2, 0) is 16.1 Å². The Bertz CT molecular complexity index is 400. The second-order valence-corrected chi connectivity index (χ2v) is 4.48. The first-order valence-electron chi connectivity index (χ1n) is 4.76. The Labute approximate surface area is 92.9 Å². The van der Waals surface area contributed by atoms with E-state index in [1.807, 2.05) is 25.0 Å². The minimum Gasteiger partial charge on any atom is -0.481 e. The zero-order chi connectivity index (χ0) is 10.8. The Morgan fingerprint density at radius 2 is 2.38 bits per heavy atom. The van der Waals surface area contributed by atoms with Gasteiger partial charge in [-0.05, 0) is 17.1 Å². The van der Waals surface area contributed by atoms with E-state index in [1.165, 1.54) is 17.3 Å². The van der Waals surface area contributed by atoms with Crippen LogP contribution < -0.4 is 5.46 Å². The largest absolute Gasteiger partial charge is 0.481 e. The molecule has 80 valence electrons. The number of rotatable bonds is 3. The molecule has 1 aliphatic heterocycles. The molecule has 0 aliphatic carbocycles. The van der Waals surface area contributed by atoms with Gasteiger partial charge in [-0.2, -0.15) is 0 Å². The summed E-state index contributed by atoms with van der Waals surface area (Å²) in [6, 6.07) is 5.94. The molecule has 1 heterocycles.